The summed E-state index contributed by atoms with van der Waals surface area (Å²) in [6.45, 7) is 2.48. The SMILES string of the molecule is Cc1ccc(-c2nnc(SCc3cc([N+](=O)[O-])cc4c3OCOC4)n2C)cc1. The summed E-state index contributed by atoms with van der Waals surface area (Å²) in [5.74, 6) is 1.91. The van der Waals surface area contributed by atoms with Gasteiger partial charge in [0.1, 0.15) is 5.75 Å². The maximum Gasteiger partial charge on any atom is 0.270 e. The summed E-state index contributed by atoms with van der Waals surface area (Å²) >= 11 is 1.46. The maximum absolute atomic E-state index is 11.2. The van der Waals surface area contributed by atoms with Crippen LogP contribution >= 0.6 is 11.8 Å². The highest BCUT2D eigenvalue weighted by atomic mass is 32.2. The van der Waals surface area contributed by atoms with Crippen LogP contribution in [0.1, 0.15) is 16.7 Å². The Balaban J connectivity index is 1.59. The zero-order valence-corrected chi connectivity index (χ0v) is 16.2. The second-order valence-corrected chi connectivity index (χ2v) is 7.42. The van der Waals surface area contributed by atoms with Gasteiger partial charge in [-0.15, -0.1) is 10.2 Å². The molecule has 1 aliphatic heterocycles. The first-order valence-corrected chi connectivity index (χ1v) is 9.61. The zero-order chi connectivity index (χ0) is 19.7. The van der Waals surface area contributed by atoms with E-state index < -0.39 is 4.92 Å². The topological polar surface area (TPSA) is 92.3 Å². The summed E-state index contributed by atoms with van der Waals surface area (Å²) in [5.41, 5.74) is 3.63. The number of aromatic nitrogens is 3. The molecule has 0 aliphatic carbocycles. The average molecular weight is 398 g/mol. The molecule has 0 saturated heterocycles. The number of hydrogen-bond acceptors (Lipinski definition) is 7. The number of non-ortho nitro benzene ring substituents is 1. The quantitative estimate of drug-likeness (QED) is 0.366. The highest BCUT2D eigenvalue weighted by Crippen LogP contribution is 2.36. The second-order valence-electron chi connectivity index (χ2n) is 6.48. The van der Waals surface area contributed by atoms with Gasteiger partial charge in [-0.1, -0.05) is 41.6 Å². The van der Waals surface area contributed by atoms with E-state index in [-0.39, 0.29) is 12.5 Å². The van der Waals surface area contributed by atoms with Gasteiger partial charge in [0.05, 0.1) is 11.5 Å². The highest BCUT2D eigenvalue weighted by molar-refractivity contribution is 7.98. The molecule has 0 amide bonds. The van der Waals surface area contributed by atoms with Crippen molar-refractivity contribution in [3.63, 3.8) is 0 Å². The van der Waals surface area contributed by atoms with Gasteiger partial charge in [-0.2, -0.15) is 0 Å². The van der Waals surface area contributed by atoms with E-state index in [4.69, 9.17) is 9.47 Å². The summed E-state index contributed by atoms with van der Waals surface area (Å²) in [6.07, 6.45) is 0. The summed E-state index contributed by atoms with van der Waals surface area (Å²) in [4.78, 5) is 10.8. The van der Waals surface area contributed by atoms with Gasteiger partial charge >= 0.3 is 0 Å². The van der Waals surface area contributed by atoms with Gasteiger partial charge in [-0.3, -0.25) is 10.1 Å². The van der Waals surface area contributed by atoms with Gasteiger partial charge in [-0.25, -0.2) is 0 Å². The van der Waals surface area contributed by atoms with Crippen LogP contribution in [0.5, 0.6) is 5.75 Å². The van der Waals surface area contributed by atoms with Crippen LogP contribution in [0, 0.1) is 17.0 Å². The van der Waals surface area contributed by atoms with Crippen LogP contribution in [0.15, 0.2) is 41.6 Å². The van der Waals surface area contributed by atoms with Crippen LogP contribution in [0.4, 0.5) is 5.69 Å². The van der Waals surface area contributed by atoms with E-state index in [1.54, 1.807) is 6.07 Å². The predicted octanol–water partition coefficient (Wildman–Crippen LogP) is 3.86. The van der Waals surface area contributed by atoms with Crippen molar-refractivity contribution in [1.82, 2.24) is 14.8 Å². The van der Waals surface area contributed by atoms with Gasteiger partial charge in [0.2, 0.25) is 0 Å². The molecule has 0 radical (unpaired) electrons. The van der Waals surface area contributed by atoms with Crippen LogP contribution in [0.25, 0.3) is 11.4 Å². The first-order chi connectivity index (χ1) is 13.5. The summed E-state index contributed by atoms with van der Waals surface area (Å²) in [7, 11) is 1.91. The lowest BCUT2D eigenvalue weighted by Gasteiger charge is -2.20. The molecule has 4 rings (SSSR count). The van der Waals surface area contributed by atoms with Gasteiger partial charge < -0.3 is 14.0 Å². The van der Waals surface area contributed by atoms with Gasteiger partial charge in [0.25, 0.3) is 5.69 Å². The lowest BCUT2D eigenvalue weighted by molar-refractivity contribution is -0.385. The fourth-order valence-corrected chi connectivity index (χ4v) is 3.91. The molecule has 28 heavy (non-hydrogen) atoms. The minimum Gasteiger partial charge on any atom is -0.467 e. The summed E-state index contributed by atoms with van der Waals surface area (Å²) in [6, 6.07) is 11.1. The number of thioether (sulfide) groups is 1. The first-order valence-electron chi connectivity index (χ1n) is 8.63. The molecule has 9 heteroatoms. The van der Waals surface area contributed by atoms with Gasteiger partial charge in [0, 0.05) is 41.6 Å². The van der Waals surface area contributed by atoms with Crippen molar-refractivity contribution in [2.24, 2.45) is 7.05 Å². The van der Waals surface area contributed by atoms with Gasteiger partial charge in [0.15, 0.2) is 17.8 Å². The molecule has 2 aromatic carbocycles. The smallest absolute Gasteiger partial charge is 0.270 e. The molecule has 0 spiro atoms. The standard InChI is InChI=1S/C19H18N4O4S/c1-12-3-5-13(6-4-12)18-20-21-19(22(18)2)28-10-15-8-16(23(24)25)7-14-9-26-11-27-17(14)15/h3-8H,9-11H2,1-2H3. The van der Waals surface area contributed by atoms with Crippen molar-refractivity contribution in [3.05, 3.63) is 63.2 Å². The maximum atomic E-state index is 11.2. The van der Waals surface area contributed by atoms with Crippen LogP contribution in [-0.2, 0) is 24.1 Å². The summed E-state index contributed by atoms with van der Waals surface area (Å²) in [5, 5.41) is 20.5. The number of nitrogens with zero attached hydrogens (tertiary/aromatic N) is 4. The third kappa shape index (κ3) is 3.58. The molecule has 0 atom stereocenters. The van der Waals surface area contributed by atoms with Crippen molar-refractivity contribution in [2.45, 2.75) is 24.4 Å². The molecule has 0 N–H and O–H groups in total. The van der Waals surface area contributed by atoms with Crippen molar-refractivity contribution >= 4 is 17.4 Å². The van der Waals surface area contributed by atoms with E-state index in [1.165, 1.54) is 23.4 Å². The second kappa shape index (κ2) is 7.61. The van der Waals surface area contributed by atoms with Crippen molar-refractivity contribution in [2.75, 3.05) is 6.79 Å². The Kier molecular flexibility index (Phi) is 5.01. The molecule has 0 fully saturated rings. The average Bonchev–Trinajstić information content (AvgIpc) is 3.07. The molecular weight excluding hydrogens is 380 g/mol. The van der Waals surface area contributed by atoms with Gasteiger partial charge in [-0.05, 0) is 6.92 Å². The van der Waals surface area contributed by atoms with Crippen molar-refractivity contribution < 1.29 is 14.4 Å². The predicted molar refractivity (Wildman–Crippen MR) is 104 cm³/mol. The van der Waals surface area contributed by atoms with Crippen molar-refractivity contribution in [1.29, 1.82) is 0 Å². The third-order valence-corrected chi connectivity index (χ3v) is 5.55. The Bertz CT molecular complexity index is 1030. The van der Waals surface area contributed by atoms with Crippen LogP contribution in [-0.4, -0.2) is 26.5 Å². The Hall–Kier alpha value is -2.91. The molecule has 1 aromatic heterocycles. The molecule has 144 valence electrons. The fourth-order valence-electron chi connectivity index (χ4n) is 3.03. The Morgan fingerprint density at radius 1 is 1.25 bits per heavy atom. The lowest BCUT2D eigenvalue weighted by atomic mass is 10.1. The Morgan fingerprint density at radius 3 is 2.79 bits per heavy atom. The molecule has 1 aliphatic rings. The fraction of sp³-hybridized carbons (Fsp3) is 0.263. The molecule has 0 bridgehead atoms. The van der Waals surface area contributed by atoms with E-state index >= 15 is 0 Å². The minimum atomic E-state index is -0.402. The van der Waals surface area contributed by atoms with E-state index in [0.717, 1.165) is 22.1 Å². The van der Waals surface area contributed by atoms with Crippen molar-refractivity contribution in [3.8, 4) is 17.1 Å². The normalized spacial score (nSPS) is 13.1. The number of benzene rings is 2. The number of nitro benzene ring substituents is 1. The van der Waals surface area contributed by atoms with Crippen LogP contribution in [0.2, 0.25) is 0 Å². The van der Waals surface area contributed by atoms with E-state index in [2.05, 4.69) is 10.2 Å². The monoisotopic (exact) mass is 398 g/mol. The molecule has 8 nitrogen and oxygen atoms in total. The molecule has 0 unspecified atom stereocenters. The number of hydrogen-bond donors (Lipinski definition) is 0. The van der Waals surface area contributed by atoms with E-state index in [0.29, 0.717) is 23.7 Å². The minimum absolute atomic E-state index is 0.0294. The van der Waals surface area contributed by atoms with E-state index in [9.17, 15) is 10.1 Å². The Morgan fingerprint density at radius 2 is 2.04 bits per heavy atom. The summed E-state index contributed by atoms with van der Waals surface area (Å²) < 4.78 is 12.8. The number of aryl methyl sites for hydroxylation is 1. The number of nitro groups is 1. The zero-order valence-electron chi connectivity index (χ0n) is 15.4. The number of rotatable bonds is 5. The molecule has 2 heterocycles. The molecule has 3 aromatic rings. The highest BCUT2D eigenvalue weighted by Gasteiger charge is 2.22. The first kappa shape index (κ1) is 18.5. The van der Waals surface area contributed by atoms with E-state index in [1.807, 2.05) is 42.8 Å². The molecule has 0 saturated carbocycles. The van der Waals surface area contributed by atoms with Crippen LogP contribution < -0.4 is 4.74 Å². The lowest BCUT2D eigenvalue weighted by Crippen LogP contribution is -2.13. The largest absolute Gasteiger partial charge is 0.467 e. The Labute approximate surface area is 165 Å². The number of ether oxygens (including phenoxy) is 2. The third-order valence-electron chi connectivity index (χ3n) is 4.48. The van der Waals surface area contributed by atoms with Crippen LogP contribution in [0.3, 0.4) is 0 Å². The number of fused-ring (bicyclic) bond motifs is 1. The molecular formula is C19H18N4O4S.